The van der Waals surface area contributed by atoms with Gasteiger partial charge in [0.15, 0.2) is 32.2 Å². The number of carboxylic acids is 7. The van der Waals surface area contributed by atoms with Gasteiger partial charge in [0.2, 0.25) is 17.8 Å². The highest BCUT2D eigenvalue weighted by Crippen LogP contribution is 2.64. The highest BCUT2D eigenvalue weighted by molar-refractivity contribution is 5.86. The number of aromatic nitrogens is 3. The van der Waals surface area contributed by atoms with Crippen molar-refractivity contribution in [1.82, 2.24) is 35.8 Å². The average Bonchev–Trinajstić information content (AvgIpc) is 1.44. The van der Waals surface area contributed by atoms with Crippen LogP contribution < -0.4 is 25.8 Å². The number of unbranched alkanes of at least 4 members (excludes halogenated alkanes) is 8. The van der Waals surface area contributed by atoms with E-state index in [-0.39, 0.29) is 69.4 Å². The number of quaternary nitrogens is 4. The number of carboxylic acid groups (broad SMARTS) is 7. The van der Waals surface area contributed by atoms with Crippen LogP contribution in [0.2, 0.25) is 0 Å². The van der Waals surface area contributed by atoms with Crippen LogP contribution in [0.4, 0.5) is 16.7 Å². The van der Waals surface area contributed by atoms with Crippen molar-refractivity contribution in [1.29, 1.82) is 0 Å². The Morgan fingerprint density at radius 2 is 1.10 bits per heavy atom. The van der Waals surface area contributed by atoms with E-state index in [0.29, 0.717) is 95.6 Å². The van der Waals surface area contributed by atoms with Crippen molar-refractivity contribution in [2.75, 3.05) is 135 Å². The van der Waals surface area contributed by atoms with Gasteiger partial charge in [-0.2, -0.15) is 15.0 Å². The molecule has 474 valence electrons. The van der Waals surface area contributed by atoms with E-state index in [2.05, 4.69) is 25.8 Å². The topological polar surface area (TPSA) is 380 Å². The van der Waals surface area contributed by atoms with Crippen LogP contribution in [0.15, 0.2) is 24.3 Å². The molecule has 0 bridgehead atoms. The van der Waals surface area contributed by atoms with Gasteiger partial charge < -0.3 is 61.5 Å². The molecule has 5 aliphatic heterocycles. The molecule has 29 heteroatoms. The molecule has 0 aliphatic carbocycles. The fourth-order valence-corrected chi connectivity index (χ4v) is 15.3. The Labute approximate surface area is 499 Å². The second kappa shape index (κ2) is 28.9. The van der Waals surface area contributed by atoms with E-state index in [9.17, 15) is 73.8 Å². The number of amides is 3. The summed E-state index contributed by atoms with van der Waals surface area (Å²) in [5.41, 5.74) is 1.85. The van der Waals surface area contributed by atoms with Crippen LogP contribution in [-0.4, -0.2) is 277 Å². The quantitative estimate of drug-likeness (QED) is 0.0329. The van der Waals surface area contributed by atoms with Crippen molar-refractivity contribution < 1.29 is 96.8 Å². The van der Waals surface area contributed by atoms with Gasteiger partial charge in [-0.3, -0.25) is 14.5 Å². The molecule has 29 nitrogen and oxygen atoms in total. The van der Waals surface area contributed by atoms with Gasteiger partial charge in [-0.05, 0) is 56.2 Å². The van der Waals surface area contributed by atoms with Gasteiger partial charge >= 0.3 is 53.7 Å². The zero-order valence-corrected chi connectivity index (χ0v) is 49.7. The lowest BCUT2D eigenvalue weighted by molar-refractivity contribution is -1.36. The monoisotopic (exact) mass is 1210 g/mol. The number of benzene rings is 1. The Morgan fingerprint density at radius 1 is 0.581 bits per heavy atom. The summed E-state index contributed by atoms with van der Waals surface area (Å²) in [6, 6.07) is 3.75. The summed E-state index contributed by atoms with van der Waals surface area (Å²) in [6.45, 7) is 5.34. The standard InChI is InChI=1S/C57H85N13O16/c1-64(2)54-61-45(34-41-17-15-40(16-18-41)33-42-35-69(38-50(78)79)30-29-67(36-48(74)75)27-28-68(37-49(76)77)31-32-70(42,39-51(80)81)57(67,68)69)62-55(63-54)66-25-23-65(24-26-66)22-12-8-6-4-3-5-7-9-14-46(71)58-21-11-10-13-43(52(82)83)59-56(86)60-44(53(84)85)19-20-47(72)73/h15-18,42-44H,3-14,19-39H2,1-2H3,(H6-4,58,59,60,71,72,73,74,75,76,77,78,79,80,81,82,83,84,85,86)/p+4/t42?,43-,44-,57+,67?,68?,69+,70?/m0/s1. The SMILES string of the molecule is CN(C)c1nc(Cc2ccc(CC3C[N@@+]4(CC(=O)O)CC[N+]5(CC(=O)O)CC[N+]6(CC(=O)O)CC[N+]3(CC(=O)O)[C@@]654)cc2)nc(N2CCN(CCCCCCCCCCC(=O)NCCCC[C@H](NC(=O)N[C@@H](CCC(=O)O)C(=O)O)C(=O)O)CC2)n1. The summed E-state index contributed by atoms with van der Waals surface area (Å²) < 4.78 is -0.218. The molecule has 6 heterocycles. The number of anilines is 2. The van der Waals surface area contributed by atoms with Crippen molar-refractivity contribution in [2.24, 2.45) is 0 Å². The summed E-state index contributed by atoms with van der Waals surface area (Å²) in [5.74, 6) is -7.97. The molecule has 1 aromatic heterocycles. The molecule has 3 amide bonds. The summed E-state index contributed by atoms with van der Waals surface area (Å²) in [7, 11) is 3.78. The third-order valence-electron chi connectivity index (χ3n) is 18.6. The predicted octanol–water partition coefficient (Wildman–Crippen LogP) is 0.701. The minimum Gasteiger partial charge on any atom is -0.481 e. The predicted molar refractivity (Wildman–Crippen MR) is 307 cm³/mol. The summed E-state index contributed by atoms with van der Waals surface area (Å²) in [4.78, 5) is 131. The number of nitrogens with one attached hydrogen (secondary N) is 3. The van der Waals surface area contributed by atoms with Crippen molar-refractivity contribution in [2.45, 2.75) is 127 Å². The largest absolute Gasteiger partial charge is 0.483 e. The molecular weight excluding hydrogens is 1120 g/mol. The molecule has 2 aromatic rings. The van der Waals surface area contributed by atoms with Crippen LogP contribution in [0.1, 0.15) is 107 Å². The fraction of sp³-hybridized carbons (Fsp3) is 0.684. The molecule has 1 spiro atoms. The van der Waals surface area contributed by atoms with E-state index in [1.807, 2.05) is 43.3 Å². The van der Waals surface area contributed by atoms with E-state index < -0.39 is 78.3 Å². The van der Waals surface area contributed by atoms with Crippen molar-refractivity contribution in [3.8, 4) is 0 Å². The third-order valence-corrected chi connectivity index (χ3v) is 18.6. The second-order valence-corrected chi connectivity index (χ2v) is 24.5. The first-order chi connectivity index (χ1) is 40.9. The minimum absolute atomic E-state index is 0.0431. The third kappa shape index (κ3) is 15.1. The number of urea groups is 1. The minimum atomic E-state index is -1.49. The van der Waals surface area contributed by atoms with Gasteiger partial charge in [0.05, 0.1) is 0 Å². The molecule has 5 saturated heterocycles. The maximum Gasteiger partial charge on any atom is 0.483 e. The molecule has 5 aliphatic rings. The number of aliphatic carboxylic acids is 7. The maximum absolute atomic E-state index is 13.1. The molecule has 1 aromatic carbocycles. The lowest BCUT2D eigenvalue weighted by Crippen LogP contribution is -2.86. The Balaban J connectivity index is 0.817. The number of hydrogen-bond acceptors (Lipinski definition) is 15. The molecule has 0 radical (unpaired) electrons. The lowest BCUT2D eigenvalue weighted by Gasteiger charge is -2.50. The molecule has 8 atom stereocenters. The second-order valence-electron chi connectivity index (χ2n) is 24.5. The first-order valence-corrected chi connectivity index (χ1v) is 30.2. The van der Waals surface area contributed by atoms with Gasteiger partial charge in [-0.15, -0.1) is 17.9 Å². The number of piperazine rings is 1. The maximum atomic E-state index is 13.1. The Kier molecular flexibility index (Phi) is 22.2. The van der Waals surface area contributed by atoms with E-state index >= 15 is 0 Å². The molecular formula is C57H89N13O16+4. The molecule has 86 heavy (non-hydrogen) atoms. The van der Waals surface area contributed by atoms with E-state index in [4.69, 9.17) is 20.1 Å². The van der Waals surface area contributed by atoms with Crippen LogP contribution >= 0.6 is 0 Å². The summed E-state index contributed by atoms with van der Waals surface area (Å²) in [6.07, 6.45) is 9.59. The zero-order valence-electron chi connectivity index (χ0n) is 49.7. The number of carbonyl (C=O) groups excluding carboxylic acids is 2. The first kappa shape index (κ1) is 66.2. The Hall–Kier alpha value is -7.34. The fourth-order valence-electron chi connectivity index (χ4n) is 15.3. The van der Waals surface area contributed by atoms with E-state index in [1.165, 1.54) is 0 Å². The van der Waals surface area contributed by atoms with Crippen LogP contribution in [0, 0.1) is 0 Å². The number of rotatable bonds is 37. The van der Waals surface area contributed by atoms with Gasteiger partial charge in [0.25, 0.3) is 0 Å². The van der Waals surface area contributed by atoms with Crippen LogP contribution in [-0.2, 0) is 51.2 Å². The van der Waals surface area contributed by atoms with Gasteiger partial charge in [-0.1, -0.05) is 62.8 Å². The van der Waals surface area contributed by atoms with Crippen molar-refractivity contribution in [3.05, 3.63) is 41.2 Å². The van der Waals surface area contributed by atoms with Gasteiger partial charge in [0.1, 0.15) is 63.7 Å². The summed E-state index contributed by atoms with van der Waals surface area (Å²) >= 11 is 0. The lowest BCUT2D eigenvalue weighted by atomic mass is 10.0. The van der Waals surface area contributed by atoms with Crippen molar-refractivity contribution >= 4 is 65.6 Å². The number of hydrogen-bond donors (Lipinski definition) is 10. The molecule has 7 rings (SSSR count). The number of carbonyl (C=O) groups is 9. The highest BCUT2D eigenvalue weighted by atomic mass is 16.4. The van der Waals surface area contributed by atoms with Gasteiger partial charge in [-0.25, -0.2) is 33.6 Å². The Bertz CT molecular complexity index is 2760. The molecule has 10 N–H and O–H groups in total. The van der Waals surface area contributed by atoms with E-state index in [1.54, 1.807) is 0 Å². The molecule has 5 fully saturated rings. The highest BCUT2D eigenvalue weighted by Gasteiger charge is 3.01. The Morgan fingerprint density at radius 3 is 1.66 bits per heavy atom. The van der Waals surface area contributed by atoms with Gasteiger partial charge in [0, 0.05) is 72.5 Å². The van der Waals surface area contributed by atoms with Crippen LogP contribution in [0.25, 0.3) is 0 Å². The van der Waals surface area contributed by atoms with E-state index in [0.717, 1.165) is 95.2 Å². The molecule has 4 unspecified atom stereocenters. The smallest absolute Gasteiger partial charge is 0.481 e. The van der Waals surface area contributed by atoms with Crippen LogP contribution in [0.5, 0.6) is 0 Å². The first-order valence-electron chi connectivity index (χ1n) is 30.2. The van der Waals surface area contributed by atoms with Crippen LogP contribution in [0.3, 0.4) is 0 Å². The summed E-state index contributed by atoms with van der Waals surface area (Å²) in [5, 5.41) is 76.6. The zero-order chi connectivity index (χ0) is 62.5. The normalized spacial score (nSPS) is 25.4. The average molecular weight is 1210 g/mol. The molecule has 0 saturated carbocycles. The number of nitrogens with zero attached hydrogens (tertiary/aromatic N) is 10. The van der Waals surface area contributed by atoms with Crippen molar-refractivity contribution in [3.63, 3.8) is 0 Å².